The molecule has 1 unspecified atom stereocenters. The first-order valence-corrected chi connectivity index (χ1v) is 7.20. The normalized spacial score (nSPS) is 20.7. The monoisotopic (exact) mass is 257 g/mol. The second-order valence-electron chi connectivity index (χ2n) is 5.24. The molecular weight excluding hydrogens is 230 g/mol. The average molecular weight is 257 g/mol. The summed E-state index contributed by atoms with van der Waals surface area (Å²) in [7, 11) is 0. The minimum Gasteiger partial charge on any atom is -0.388 e. The van der Waals surface area contributed by atoms with E-state index in [2.05, 4.69) is 5.32 Å². The van der Waals surface area contributed by atoms with E-state index in [9.17, 15) is 9.90 Å². The smallest absolute Gasteiger partial charge is 0.220 e. The van der Waals surface area contributed by atoms with E-state index in [0.29, 0.717) is 25.8 Å². The van der Waals surface area contributed by atoms with Crippen LogP contribution in [0.3, 0.4) is 0 Å². The van der Waals surface area contributed by atoms with Gasteiger partial charge in [-0.15, -0.1) is 0 Å². The molecular formula is C14H27NO3. The Morgan fingerprint density at radius 3 is 2.67 bits per heavy atom. The number of nitrogens with one attached hydrogen (secondary N) is 1. The minimum atomic E-state index is -0.753. The lowest BCUT2D eigenvalue weighted by Crippen LogP contribution is -2.42. The Morgan fingerprint density at radius 2 is 2.11 bits per heavy atom. The molecule has 4 heteroatoms. The van der Waals surface area contributed by atoms with E-state index in [4.69, 9.17) is 4.74 Å². The average Bonchev–Trinajstić information content (AvgIpc) is 2.43. The van der Waals surface area contributed by atoms with Gasteiger partial charge in [-0.25, -0.2) is 0 Å². The molecule has 1 fully saturated rings. The number of ether oxygens (including phenoxy) is 1. The van der Waals surface area contributed by atoms with Gasteiger partial charge in [0.05, 0.1) is 11.7 Å². The molecule has 1 aliphatic rings. The van der Waals surface area contributed by atoms with Gasteiger partial charge in [-0.1, -0.05) is 13.8 Å². The van der Waals surface area contributed by atoms with Crippen LogP contribution in [0.25, 0.3) is 0 Å². The van der Waals surface area contributed by atoms with Crippen LogP contribution in [0.1, 0.15) is 58.8 Å². The molecule has 0 aromatic carbocycles. The van der Waals surface area contributed by atoms with Crippen molar-refractivity contribution in [2.45, 2.75) is 70.5 Å². The molecule has 0 radical (unpaired) electrons. The van der Waals surface area contributed by atoms with Crippen LogP contribution < -0.4 is 5.32 Å². The van der Waals surface area contributed by atoms with Crippen molar-refractivity contribution in [2.24, 2.45) is 0 Å². The zero-order valence-corrected chi connectivity index (χ0v) is 11.7. The first-order valence-electron chi connectivity index (χ1n) is 7.20. The third kappa shape index (κ3) is 5.36. The van der Waals surface area contributed by atoms with Gasteiger partial charge in [-0.3, -0.25) is 4.79 Å². The van der Waals surface area contributed by atoms with Crippen LogP contribution >= 0.6 is 0 Å². The van der Waals surface area contributed by atoms with Crippen molar-refractivity contribution in [3.05, 3.63) is 0 Å². The molecule has 0 spiro atoms. The van der Waals surface area contributed by atoms with Crippen molar-refractivity contribution in [3.8, 4) is 0 Å². The maximum absolute atomic E-state index is 11.7. The zero-order chi connectivity index (χ0) is 13.4. The fourth-order valence-electron chi connectivity index (χ4n) is 2.18. The van der Waals surface area contributed by atoms with Crippen molar-refractivity contribution in [2.75, 3.05) is 13.2 Å². The van der Waals surface area contributed by atoms with Crippen molar-refractivity contribution >= 4 is 5.91 Å². The number of amides is 1. The van der Waals surface area contributed by atoms with Gasteiger partial charge in [0.15, 0.2) is 0 Å². The van der Waals surface area contributed by atoms with Gasteiger partial charge in [-0.2, -0.15) is 0 Å². The van der Waals surface area contributed by atoms with E-state index in [0.717, 1.165) is 25.9 Å². The molecule has 18 heavy (non-hydrogen) atoms. The van der Waals surface area contributed by atoms with Crippen LogP contribution in [0.15, 0.2) is 0 Å². The topological polar surface area (TPSA) is 58.6 Å². The molecule has 1 aliphatic heterocycles. The van der Waals surface area contributed by atoms with E-state index < -0.39 is 5.60 Å². The molecule has 0 bridgehead atoms. The predicted octanol–water partition coefficient (Wildman–Crippen LogP) is 2.00. The van der Waals surface area contributed by atoms with Crippen LogP contribution in [-0.4, -0.2) is 35.9 Å². The second-order valence-corrected chi connectivity index (χ2v) is 5.24. The lowest BCUT2D eigenvalue weighted by Gasteiger charge is -2.26. The lowest BCUT2D eigenvalue weighted by atomic mass is 9.97. The number of aliphatic hydroxyl groups is 1. The Bertz CT molecular complexity index is 245. The highest BCUT2D eigenvalue weighted by molar-refractivity contribution is 5.75. The summed E-state index contributed by atoms with van der Waals surface area (Å²) in [6.45, 7) is 5.05. The fraction of sp³-hybridized carbons (Fsp3) is 0.929. The SMILES string of the molecule is CCC(O)(CC)CNC(=O)CCC1CCCCO1. The summed E-state index contributed by atoms with van der Waals surface area (Å²) >= 11 is 0. The molecule has 1 saturated heterocycles. The number of hydrogen-bond donors (Lipinski definition) is 2. The standard InChI is InChI=1S/C14H27NO3/c1-3-14(17,4-2)11-15-13(16)9-8-12-7-5-6-10-18-12/h12,17H,3-11H2,1-2H3,(H,15,16). The van der Waals surface area contributed by atoms with Gasteiger partial charge >= 0.3 is 0 Å². The number of hydrogen-bond acceptors (Lipinski definition) is 3. The van der Waals surface area contributed by atoms with Crippen LogP contribution in [0.4, 0.5) is 0 Å². The van der Waals surface area contributed by atoms with E-state index in [1.165, 1.54) is 6.42 Å². The Kier molecular flexibility index (Phi) is 6.65. The van der Waals surface area contributed by atoms with Crippen LogP contribution in [0, 0.1) is 0 Å². The maximum atomic E-state index is 11.7. The predicted molar refractivity (Wildman–Crippen MR) is 71.4 cm³/mol. The van der Waals surface area contributed by atoms with E-state index in [-0.39, 0.29) is 12.0 Å². The minimum absolute atomic E-state index is 0.0181. The summed E-state index contributed by atoms with van der Waals surface area (Å²) in [4.78, 5) is 11.7. The molecule has 2 N–H and O–H groups in total. The molecule has 106 valence electrons. The zero-order valence-electron chi connectivity index (χ0n) is 11.7. The van der Waals surface area contributed by atoms with Crippen molar-refractivity contribution in [3.63, 3.8) is 0 Å². The van der Waals surface area contributed by atoms with Gasteiger partial charge in [0.1, 0.15) is 0 Å². The summed E-state index contributed by atoms with van der Waals surface area (Å²) in [6.07, 6.45) is 6.28. The first-order chi connectivity index (χ1) is 8.59. The number of rotatable bonds is 7. The highest BCUT2D eigenvalue weighted by Gasteiger charge is 2.23. The molecule has 1 amide bonds. The summed E-state index contributed by atoms with van der Waals surface area (Å²) in [5.41, 5.74) is -0.753. The van der Waals surface area contributed by atoms with Crippen LogP contribution in [0.5, 0.6) is 0 Å². The van der Waals surface area contributed by atoms with Crippen molar-refractivity contribution < 1.29 is 14.6 Å². The van der Waals surface area contributed by atoms with Gasteiger partial charge in [0, 0.05) is 19.6 Å². The summed E-state index contributed by atoms with van der Waals surface area (Å²) in [6, 6.07) is 0. The number of carbonyl (C=O) groups is 1. The summed E-state index contributed by atoms with van der Waals surface area (Å²) in [5.74, 6) is 0.0181. The van der Waals surface area contributed by atoms with Crippen LogP contribution in [0.2, 0.25) is 0 Å². The summed E-state index contributed by atoms with van der Waals surface area (Å²) < 4.78 is 5.59. The van der Waals surface area contributed by atoms with Gasteiger partial charge < -0.3 is 15.2 Å². The van der Waals surface area contributed by atoms with E-state index in [1.54, 1.807) is 0 Å². The highest BCUT2D eigenvalue weighted by Crippen LogP contribution is 2.17. The highest BCUT2D eigenvalue weighted by atomic mass is 16.5. The molecule has 0 saturated carbocycles. The van der Waals surface area contributed by atoms with Gasteiger partial charge in [-0.05, 0) is 38.5 Å². The molecule has 0 aliphatic carbocycles. The largest absolute Gasteiger partial charge is 0.388 e. The Balaban J connectivity index is 2.17. The van der Waals surface area contributed by atoms with E-state index in [1.807, 2.05) is 13.8 Å². The fourth-order valence-corrected chi connectivity index (χ4v) is 2.18. The third-order valence-corrected chi connectivity index (χ3v) is 3.90. The molecule has 0 aromatic rings. The molecule has 4 nitrogen and oxygen atoms in total. The third-order valence-electron chi connectivity index (χ3n) is 3.90. The number of carbonyl (C=O) groups excluding carboxylic acids is 1. The van der Waals surface area contributed by atoms with Gasteiger partial charge in [0.25, 0.3) is 0 Å². The Labute approximate surface area is 110 Å². The van der Waals surface area contributed by atoms with Crippen LogP contribution in [-0.2, 0) is 9.53 Å². The Morgan fingerprint density at radius 1 is 1.39 bits per heavy atom. The first kappa shape index (κ1) is 15.4. The van der Waals surface area contributed by atoms with Gasteiger partial charge in [0.2, 0.25) is 5.91 Å². The maximum Gasteiger partial charge on any atom is 0.220 e. The van der Waals surface area contributed by atoms with Crippen molar-refractivity contribution in [1.82, 2.24) is 5.32 Å². The molecule has 1 atom stereocenters. The molecule has 1 rings (SSSR count). The lowest BCUT2D eigenvalue weighted by molar-refractivity contribution is -0.123. The Hall–Kier alpha value is -0.610. The molecule has 1 heterocycles. The molecule has 0 aromatic heterocycles. The quantitative estimate of drug-likeness (QED) is 0.733. The van der Waals surface area contributed by atoms with Crippen molar-refractivity contribution in [1.29, 1.82) is 0 Å². The summed E-state index contributed by atoms with van der Waals surface area (Å²) in [5, 5.41) is 12.9. The van der Waals surface area contributed by atoms with E-state index >= 15 is 0 Å². The second kappa shape index (κ2) is 7.74.